The topological polar surface area (TPSA) is 50.7 Å². The molecule has 0 bridgehead atoms. The summed E-state index contributed by atoms with van der Waals surface area (Å²) in [5.74, 6) is 1.39. The van der Waals surface area contributed by atoms with Crippen molar-refractivity contribution >= 4 is 5.95 Å². The number of nitrogens with zero attached hydrogens (tertiary/aromatic N) is 4. The van der Waals surface area contributed by atoms with Crippen LogP contribution in [0.3, 0.4) is 0 Å². The van der Waals surface area contributed by atoms with Gasteiger partial charge in [-0.05, 0) is 39.3 Å². The fourth-order valence-electron chi connectivity index (χ4n) is 3.48. The van der Waals surface area contributed by atoms with Crippen LogP contribution in [-0.4, -0.2) is 67.4 Å². The summed E-state index contributed by atoms with van der Waals surface area (Å²) in [7, 11) is 3.44. The first-order chi connectivity index (χ1) is 10.7. The van der Waals surface area contributed by atoms with E-state index >= 15 is 0 Å². The number of aryl methyl sites for hydroxylation is 1. The largest absolute Gasteiger partial charge is 0.481 e. The second-order valence-electron chi connectivity index (χ2n) is 6.26. The van der Waals surface area contributed by atoms with Crippen LogP contribution >= 0.6 is 0 Å². The van der Waals surface area contributed by atoms with Crippen molar-refractivity contribution in [3.05, 3.63) is 11.8 Å². The highest BCUT2D eigenvalue weighted by Gasteiger charge is 2.35. The van der Waals surface area contributed by atoms with Crippen LogP contribution < -0.4 is 9.64 Å². The number of hydrogen-bond acceptors (Lipinski definition) is 6. The number of aromatic nitrogens is 2. The number of anilines is 1. The van der Waals surface area contributed by atoms with Gasteiger partial charge in [-0.2, -0.15) is 4.98 Å². The Morgan fingerprint density at radius 3 is 2.68 bits per heavy atom. The Balaban J connectivity index is 1.80. The molecule has 1 aromatic heterocycles. The molecule has 22 heavy (non-hydrogen) atoms. The summed E-state index contributed by atoms with van der Waals surface area (Å²) in [5, 5.41) is 0. The monoisotopic (exact) mass is 306 g/mol. The number of ether oxygens (including phenoxy) is 2. The van der Waals surface area contributed by atoms with Crippen molar-refractivity contribution in [2.75, 3.05) is 45.3 Å². The smallest absolute Gasteiger partial charge is 0.229 e. The highest BCUT2D eigenvalue weighted by molar-refractivity contribution is 5.38. The maximum absolute atomic E-state index is 5.60. The van der Waals surface area contributed by atoms with Crippen molar-refractivity contribution < 1.29 is 9.47 Å². The molecule has 2 saturated heterocycles. The van der Waals surface area contributed by atoms with Crippen molar-refractivity contribution in [1.29, 1.82) is 0 Å². The van der Waals surface area contributed by atoms with E-state index in [-0.39, 0.29) is 6.10 Å². The molecular weight excluding hydrogens is 280 g/mol. The summed E-state index contributed by atoms with van der Waals surface area (Å²) in [6.45, 7) is 6.31. The number of hydrogen-bond donors (Lipinski definition) is 0. The van der Waals surface area contributed by atoms with Crippen LogP contribution in [0.5, 0.6) is 5.88 Å². The van der Waals surface area contributed by atoms with Crippen LogP contribution in [0.2, 0.25) is 0 Å². The van der Waals surface area contributed by atoms with Gasteiger partial charge in [0.15, 0.2) is 0 Å². The lowest BCUT2D eigenvalue weighted by Crippen LogP contribution is -2.40. The van der Waals surface area contributed by atoms with Gasteiger partial charge in [-0.3, -0.25) is 0 Å². The first-order valence-electron chi connectivity index (χ1n) is 8.11. The number of methoxy groups -OCH3 is 2. The second-order valence-corrected chi connectivity index (χ2v) is 6.26. The van der Waals surface area contributed by atoms with Gasteiger partial charge in [0.1, 0.15) is 0 Å². The average Bonchev–Trinajstić information content (AvgIpc) is 3.16. The molecule has 0 saturated carbocycles. The molecule has 0 N–H and O–H groups in total. The SMILES string of the molecule is COc1cc(C)nc(N2C[C@@H](OC)C[C@H]2CN2CCCC2)n1. The van der Waals surface area contributed by atoms with E-state index < -0.39 is 0 Å². The Labute approximate surface area is 132 Å². The van der Waals surface area contributed by atoms with Gasteiger partial charge in [0.05, 0.1) is 13.2 Å². The predicted octanol–water partition coefficient (Wildman–Crippen LogP) is 1.48. The Kier molecular flexibility index (Phi) is 4.78. The number of rotatable bonds is 5. The molecule has 1 aromatic rings. The second kappa shape index (κ2) is 6.79. The molecule has 0 spiro atoms. The minimum atomic E-state index is 0.253. The van der Waals surface area contributed by atoms with Crippen molar-refractivity contribution in [3.8, 4) is 5.88 Å². The zero-order valence-electron chi connectivity index (χ0n) is 13.8. The van der Waals surface area contributed by atoms with Gasteiger partial charge in [-0.1, -0.05) is 0 Å². The molecule has 0 amide bonds. The fraction of sp³-hybridized carbons (Fsp3) is 0.750. The van der Waals surface area contributed by atoms with E-state index in [4.69, 9.17) is 9.47 Å². The number of likely N-dealkylation sites (tertiary alicyclic amines) is 1. The van der Waals surface area contributed by atoms with E-state index in [9.17, 15) is 0 Å². The molecule has 0 aliphatic carbocycles. The summed E-state index contributed by atoms with van der Waals surface area (Å²) < 4.78 is 10.9. The van der Waals surface area contributed by atoms with Crippen molar-refractivity contribution in [2.24, 2.45) is 0 Å². The summed E-state index contributed by atoms with van der Waals surface area (Å²) in [6, 6.07) is 2.28. The summed E-state index contributed by atoms with van der Waals surface area (Å²) >= 11 is 0. The van der Waals surface area contributed by atoms with Crippen LogP contribution in [0.1, 0.15) is 25.0 Å². The minimum absolute atomic E-state index is 0.253. The third-order valence-corrected chi connectivity index (χ3v) is 4.66. The van der Waals surface area contributed by atoms with Crippen molar-refractivity contribution in [2.45, 2.75) is 38.3 Å². The zero-order valence-corrected chi connectivity index (χ0v) is 13.8. The van der Waals surface area contributed by atoms with Crippen LogP contribution in [0.15, 0.2) is 6.07 Å². The zero-order chi connectivity index (χ0) is 15.5. The summed E-state index contributed by atoms with van der Waals surface area (Å²) in [4.78, 5) is 14.0. The first-order valence-corrected chi connectivity index (χ1v) is 8.11. The van der Waals surface area contributed by atoms with Gasteiger partial charge >= 0.3 is 0 Å². The molecular formula is C16H26N4O2. The Hall–Kier alpha value is -1.40. The standard InChI is InChI=1S/C16H26N4O2/c1-12-8-15(22-3)18-16(17-12)20-11-14(21-2)9-13(20)10-19-6-4-5-7-19/h8,13-14H,4-7,9-11H2,1-3H3/t13-,14-/m0/s1. The molecule has 2 aliphatic heterocycles. The van der Waals surface area contributed by atoms with E-state index in [1.807, 2.05) is 13.0 Å². The Morgan fingerprint density at radius 1 is 1.23 bits per heavy atom. The summed E-state index contributed by atoms with van der Waals surface area (Å²) in [5.41, 5.74) is 0.933. The molecule has 3 heterocycles. The average molecular weight is 306 g/mol. The van der Waals surface area contributed by atoms with E-state index in [0.717, 1.165) is 31.2 Å². The third kappa shape index (κ3) is 3.33. The molecule has 2 aliphatic rings. The molecule has 3 rings (SSSR count). The maximum Gasteiger partial charge on any atom is 0.229 e. The molecule has 0 unspecified atom stereocenters. The van der Waals surface area contributed by atoms with Crippen LogP contribution in [0.4, 0.5) is 5.95 Å². The highest BCUT2D eigenvalue weighted by Crippen LogP contribution is 2.27. The lowest BCUT2D eigenvalue weighted by Gasteiger charge is -2.28. The van der Waals surface area contributed by atoms with Gasteiger partial charge < -0.3 is 19.3 Å². The maximum atomic E-state index is 5.60. The molecule has 6 nitrogen and oxygen atoms in total. The van der Waals surface area contributed by atoms with Gasteiger partial charge in [-0.15, -0.1) is 0 Å². The first kappa shape index (κ1) is 15.5. The molecule has 2 fully saturated rings. The third-order valence-electron chi connectivity index (χ3n) is 4.66. The fourth-order valence-corrected chi connectivity index (χ4v) is 3.48. The summed E-state index contributed by atoms with van der Waals surface area (Å²) in [6.07, 6.45) is 3.92. The quantitative estimate of drug-likeness (QED) is 0.821. The molecule has 0 radical (unpaired) electrons. The van der Waals surface area contributed by atoms with Crippen LogP contribution in [0.25, 0.3) is 0 Å². The minimum Gasteiger partial charge on any atom is -0.481 e. The van der Waals surface area contributed by atoms with Crippen LogP contribution in [0, 0.1) is 6.92 Å². The molecule has 0 aromatic carbocycles. The lowest BCUT2D eigenvalue weighted by atomic mass is 10.2. The van der Waals surface area contributed by atoms with Gasteiger partial charge in [0, 0.05) is 38.0 Å². The van der Waals surface area contributed by atoms with E-state index in [1.165, 1.54) is 25.9 Å². The predicted molar refractivity (Wildman–Crippen MR) is 85.5 cm³/mol. The molecule has 122 valence electrons. The Morgan fingerprint density at radius 2 is 2.00 bits per heavy atom. The van der Waals surface area contributed by atoms with E-state index in [2.05, 4.69) is 19.8 Å². The van der Waals surface area contributed by atoms with Gasteiger partial charge in [0.2, 0.25) is 11.8 Å². The van der Waals surface area contributed by atoms with E-state index in [0.29, 0.717) is 11.9 Å². The highest BCUT2D eigenvalue weighted by atomic mass is 16.5. The van der Waals surface area contributed by atoms with Crippen molar-refractivity contribution in [1.82, 2.24) is 14.9 Å². The Bertz CT molecular complexity index is 505. The molecule has 6 heteroatoms. The van der Waals surface area contributed by atoms with Crippen LogP contribution in [-0.2, 0) is 4.74 Å². The van der Waals surface area contributed by atoms with E-state index in [1.54, 1.807) is 14.2 Å². The van der Waals surface area contributed by atoms with Gasteiger partial charge in [0.25, 0.3) is 0 Å². The van der Waals surface area contributed by atoms with Crippen molar-refractivity contribution in [3.63, 3.8) is 0 Å². The van der Waals surface area contributed by atoms with Gasteiger partial charge in [-0.25, -0.2) is 4.98 Å². The normalized spacial score (nSPS) is 25.9. The lowest BCUT2D eigenvalue weighted by molar-refractivity contribution is 0.116. The molecule has 2 atom stereocenters.